The average Bonchev–Trinajstić information content (AvgIpc) is 2.47. The van der Waals surface area contributed by atoms with E-state index in [1.807, 2.05) is 18.2 Å². The van der Waals surface area contributed by atoms with Crippen molar-refractivity contribution in [2.24, 2.45) is 5.92 Å². The zero-order valence-electron chi connectivity index (χ0n) is 12.7. The fourth-order valence-electron chi connectivity index (χ4n) is 2.95. The predicted molar refractivity (Wildman–Crippen MR) is 79.8 cm³/mol. The summed E-state index contributed by atoms with van der Waals surface area (Å²) in [4.78, 5) is 13.2. The molecule has 0 aromatic heterocycles. The first-order valence-corrected chi connectivity index (χ1v) is 7.27. The van der Waals surface area contributed by atoms with Gasteiger partial charge in [-0.1, -0.05) is 0 Å². The third kappa shape index (κ3) is 4.36. The third-order valence-corrected chi connectivity index (χ3v) is 3.95. The molecule has 0 radical (unpaired) electrons. The maximum atomic E-state index is 10.9. The highest BCUT2D eigenvalue weighted by Crippen LogP contribution is 2.27. The van der Waals surface area contributed by atoms with Crippen LogP contribution in [0.5, 0.6) is 11.5 Å². The maximum absolute atomic E-state index is 10.9. The first-order valence-electron chi connectivity index (χ1n) is 7.27. The number of carboxylic acid groups (broad SMARTS) is 1. The van der Waals surface area contributed by atoms with E-state index in [2.05, 4.69) is 4.90 Å². The molecular weight excluding hydrogens is 270 g/mol. The van der Waals surface area contributed by atoms with E-state index < -0.39 is 5.97 Å². The molecule has 21 heavy (non-hydrogen) atoms. The Balaban J connectivity index is 2.04. The molecule has 1 aromatic rings. The number of hydrogen-bond donors (Lipinski definition) is 1. The number of aliphatic carboxylic acids is 1. The summed E-state index contributed by atoms with van der Waals surface area (Å²) >= 11 is 0. The lowest BCUT2D eigenvalue weighted by Gasteiger charge is -2.32. The Bertz CT molecular complexity index is 489. The highest BCUT2D eigenvalue weighted by molar-refractivity contribution is 5.67. The van der Waals surface area contributed by atoms with E-state index in [4.69, 9.17) is 14.6 Å². The van der Waals surface area contributed by atoms with Crippen LogP contribution < -0.4 is 9.47 Å². The van der Waals surface area contributed by atoms with Crippen molar-refractivity contribution in [3.05, 3.63) is 23.8 Å². The predicted octanol–water partition coefficient (Wildman–Crippen LogP) is 2.39. The van der Waals surface area contributed by atoms with E-state index >= 15 is 0 Å². The molecule has 0 bridgehead atoms. The van der Waals surface area contributed by atoms with Crippen molar-refractivity contribution < 1.29 is 19.4 Å². The molecule has 0 saturated carbocycles. The highest BCUT2D eigenvalue weighted by atomic mass is 16.5. The molecule has 2 rings (SSSR count). The van der Waals surface area contributed by atoms with Gasteiger partial charge in [-0.05, 0) is 43.5 Å². The van der Waals surface area contributed by atoms with Gasteiger partial charge in [0, 0.05) is 25.1 Å². The normalized spacial score (nSPS) is 19.2. The summed E-state index contributed by atoms with van der Waals surface area (Å²) in [5.74, 6) is 1.19. The van der Waals surface area contributed by atoms with E-state index in [1.54, 1.807) is 14.2 Å². The molecule has 1 heterocycles. The van der Waals surface area contributed by atoms with Crippen molar-refractivity contribution in [2.75, 3.05) is 27.3 Å². The smallest absolute Gasteiger partial charge is 0.303 e. The first kappa shape index (κ1) is 15.6. The number of carboxylic acids is 1. The van der Waals surface area contributed by atoms with Crippen molar-refractivity contribution >= 4 is 5.97 Å². The summed E-state index contributed by atoms with van der Waals surface area (Å²) < 4.78 is 10.7. The summed E-state index contributed by atoms with van der Waals surface area (Å²) in [6.07, 6.45) is 2.30. The molecule has 0 aliphatic carbocycles. The Labute approximate surface area is 125 Å². The number of ether oxygens (including phenoxy) is 2. The van der Waals surface area contributed by atoms with Crippen LogP contribution in [0.25, 0.3) is 0 Å². The number of rotatable bonds is 6. The minimum absolute atomic E-state index is 0.243. The van der Waals surface area contributed by atoms with Gasteiger partial charge in [-0.15, -0.1) is 0 Å². The van der Waals surface area contributed by atoms with Crippen LogP contribution in [0.1, 0.15) is 24.8 Å². The molecule has 1 aliphatic rings. The van der Waals surface area contributed by atoms with Crippen molar-refractivity contribution in [1.82, 2.24) is 4.90 Å². The van der Waals surface area contributed by atoms with E-state index in [0.29, 0.717) is 0 Å². The third-order valence-electron chi connectivity index (χ3n) is 3.95. The summed E-state index contributed by atoms with van der Waals surface area (Å²) in [5, 5.41) is 8.94. The van der Waals surface area contributed by atoms with Gasteiger partial charge in [-0.25, -0.2) is 0 Å². The number of piperidine rings is 1. The Morgan fingerprint density at radius 3 is 2.86 bits per heavy atom. The van der Waals surface area contributed by atoms with Gasteiger partial charge in [0.1, 0.15) is 11.5 Å². The van der Waals surface area contributed by atoms with Crippen molar-refractivity contribution in [1.29, 1.82) is 0 Å². The molecular formula is C16H23NO4. The number of methoxy groups -OCH3 is 2. The molecule has 1 N–H and O–H groups in total. The molecule has 1 atom stereocenters. The number of benzene rings is 1. The van der Waals surface area contributed by atoms with Crippen LogP contribution >= 0.6 is 0 Å². The lowest BCUT2D eigenvalue weighted by atomic mass is 9.94. The van der Waals surface area contributed by atoms with E-state index in [9.17, 15) is 4.79 Å². The second-order valence-electron chi connectivity index (χ2n) is 5.52. The van der Waals surface area contributed by atoms with Gasteiger partial charge >= 0.3 is 5.97 Å². The van der Waals surface area contributed by atoms with Gasteiger partial charge in [0.2, 0.25) is 0 Å². The minimum Gasteiger partial charge on any atom is -0.497 e. The standard InChI is InChI=1S/C16H23NO4/c1-20-14-5-6-15(21-2)13(9-14)11-17-7-3-4-12(10-17)8-16(18)19/h5-6,9,12H,3-4,7-8,10-11H2,1-2H3,(H,18,19). The van der Waals surface area contributed by atoms with Crippen LogP contribution in [-0.2, 0) is 11.3 Å². The molecule has 5 heteroatoms. The number of nitrogens with zero attached hydrogens (tertiary/aromatic N) is 1. The average molecular weight is 293 g/mol. The van der Waals surface area contributed by atoms with Gasteiger partial charge in [0.25, 0.3) is 0 Å². The number of carbonyl (C=O) groups is 1. The summed E-state index contributed by atoms with van der Waals surface area (Å²) in [5.41, 5.74) is 1.08. The largest absolute Gasteiger partial charge is 0.497 e. The Morgan fingerprint density at radius 2 is 2.19 bits per heavy atom. The van der Waals surface area contributed by atoms with Crippen LogP contribution in [0.15, 0.2) is 18.2 Å². The quantitative estimate of drug-likeness (QED) is 0.872. The van der Waals surface area contributed by atoms with E-state index in [0.717, 1.165) is 49.5 Å². The fourth-order valence-corrected chi connectivity index (χ4v) is 2.95. The highest BCUT2D eigenvalue weighted by Gasteiger charge is 2.22. The molecule has 116 valence electrons. The number of hydrogen-bond acceptors (Lipinski definition) is 4. The van der Waals surface area contributed by atoms with Crippen molar-refractivity contribution in [3.8, 4) is 11.5 Å². The van der Waals surface area contributed by atoms with Crippen LogP contribution in [0.3, 0.4) is 0 Å². The second-order valence-corrected chi connectivity index (χ2v) is 5.52. The Kier molecular flexibility index (Phi) is 5.44. The van der Waals surface area contributed by atoms with Crippen molar-refractivity contribution in [3.63, 3.8) is 0 Å². The topological polar surface area (TPSA) is 59.0 Å². The molecule has 1 aromatic carbocycles. The summed E-state index contributed by atoms with van der Waals surface area (Å²) in [6.45, 7) is 2.58. The number of likely N-dealkylation sites (tertiary alicyclic amines) is 1. The Hall–Kier alpha value is -1.75. The SMILES string of the molecule is COc1ccc(OC)c(CN2CCCC(CC(=O)O)C2)c1. The van der Waals surface area contributed by atoms with Gasteiger partial charge in [-0.3, -0.25) is 9.69 Å². The van der Waals surface area contributed by atoms with Crippen LogP contribution in [0, 0.1) is 5.92 Å². The molecule has 1 saturated heterocycles. The molecule has 0 amide bonds. The lowest BCUT2D eigenvalue weighted by Crippen LogP contribution is -2.35. The molecule has 1 unspecified atom stereocenters. The monoisotopic (exact) mass is 293 g/mol. The van der Waals surface area contributed by atoms with Crippen molar-refractivity contribution in [2.45, 2.75) is 25.8 Å². The van der Waals surface area contributed by atoms with Gasteiger partial charge in [0.15, 0.2) is 0 Å². The second kappa shape index (κ2) is 7.31. The maximum Gasteiger partial charge on any atom is 0.303 e. The van der Waals surface area contributed by atoms with Crippen LogP contribution in [0.4, 0.5) is 0 Å². The van der Waals surface area contributed by atoms with Gasteiger partial charge in [0.05, 0.1) is 14.2 Å². The van der Waals surface area contributed by atoms with E-state index in [1.165, 1.54) is 0 Å². The minimum atomic E-state index is -0.708. The Morgan fingerprint density at radius 1 is 1.38 bits per heavy atom. The van der Waals surface area contributed by atoms with Gasteiger partial charge < -0.3 is 14.6 Å². The molecule has 0 spiro atoms. The fraction of sp³-hybridized carbons (Fsp3) is 0.562. The summed E-state index contributed by atoms with van der Waals surface area (Å²) in [7, 11) is 3.31. The molecule has 1 aliphatic heterocycles. The van der Waals surface area contributed by atoms with Gasteiger partial charge in [-0.2, -0.15) is 0 Å². The zero-order chi connectivity index (χ0) is 15.2. The first-order chi connectivity index (χ1) is 10.1. The summed E-state index contributed by atoms with van der Waals surface area (Å²) in [6, 6.07) is 5.78. The zero-order valence-corrected chi connectivity index (χ0v) is 12.7. The van der Waals surface area contributed by atoms with Crippen LogP contribution in [-0.4, -0.2) is 43.3 Å². The van der Waals surface area contributed by atoms with E-state index in [-0.39, 0.29) is 12.3 Å². The molecule has 1 fully saturated rings. The molecule has 5 nitrogen and oxygen atoms in total. The lowest BCUT2D eigenvalue weighted by molar-refractivity contribution is -0.138. The van der Waals surface area contributed by atoms with Crippen LogP contribution in [0.2, 0.25) is 0 Å².